The van der Waals surface area contributed by atoms with E-state index >= 15 is 0 Å². The van der Waals surface area contributed by atoms with Gasteiger partial charge in [0.2, 0.25) is 0 Å². The lowest BCUT2D eigenvalue weighted by Gasteiger charge is -2.21. The average Bonchev–Trinajstić information content (AvgIpc) is 2.27. The van der Waals surface area contributed by atoms with Crippen molar-refractivity contribution < 1.29 is 19.7 Å². The molecule has 0 aromatic heterocycles. The molecular formula is C12H16O4. The van der Waals surface area contributed by atoms with E-state index in [2.05, 4.69) is 0 Å². The minimum Gasteiger partial charge on any atom is -0.491 e. The zero-order chi connectivity index (χ0) is 12.2. The fourth-order valence-electron chi connectivity index (χ4n) is 1.06. The topological polar surface area (TPSA) is 66.8 Å². The third kappa shape index (κ3) is 3.55. The van der Waals surface area contributed by atoms with Crippen LogP contribution in [0.15, 0.2) is 24.3 Å². The molecule has 88 valence electrons. The molecule has 16 heavy (non-hydrogen) atoms. The normalized spacial score (nSPS) is 14.2. The number of carboxylic acids is 1. The maximum Gasteiger partial charge on any atom is 0.335 e. The third-order valence-electron chi connectivity index (χ3n) is 2.39. The van der Waals surface area contributed by atoms with Crippen molar-refractivity contribution in [1.82, 2.24) is 0 Å². The Balaban J connectivity index is 2.68. The van der Waals surface area contributed by atoms with E-state index in [-0.39, 0.29) is 12.2 Å². The van der Waals surface area contributed by atoms with E-state index < -0.39 is 11.6 Å². The van der Waals surface area contributed by atoms with Crippen LogP contribution < -0.4 is 4.74 Å². The van der Waals surface area contributed by atoms with Gasteiger partial charge in [-0.2, -0.15) is 0 Å². The first-order valence-corrected chi connectivity index (χ1v) is 5.13. The van der Waals surface area contributed by atoms with Crippen LogP contribution in [0.2, 0.25) is 0 Å². The summed E-state index contributed by atoms with van der Waals surface area (Å²) in [6.07, 6.45) is 0.575. The summed E-state index contributed by atoms with van der Waals surface area (Å²) in [6.45, 7) is 3.68. The highest BCUT2D eigenvalue weighted by Crippen LogP contribution is 2.16. The number of hydrogen-bond acceptors (Lipinski definition) is 3. The van der Waals surface area contributed by atoms with Crippen molar-refractivity contribution in [3.05, 3.63) is 29.8 Å². The van der Waals surface area contributed by atoms with Crippen LogP contribution in [0.1, 0.15) is 30.6 Å². The molecule has 4 heteroatoms. The fraction of sp³-hybridized carbons (Fsp3) is 0.417. The first kappa shape index (κ1) is 12.5. The highest BCUT2D eigenvalue weighted by molar-refractivity contribution is 5.87. The number of hydrogen-bond donors (Lipinski definition) is 2. The molecular weight excluding hydrogens is 208 g/mol. The fourth-order valence-corrected chi connectivity index (χ4v) is 1.06. The molecule has 1 unspecified atom stereocenters. The van der Waals surface area contributed by atoms with E-state index in [0.717, 1.165) is 0 Å². The van der Waals surface area contributed by atoms with Gasteiger partial charge in [0.25, 0.3) is 0 Å². The van der Waals surface area contributed by atoms with Crippen molar-refractivity contribution >= 4 is 5.97 Å². The Morgan fingerprint density at radius 3 is 2.75 bits per heavy atom. The van der Waals surface area contributed by atoms with E-state index in [1.807, 2.05) is 6.92 Å². The number of aromatic carboxylic acids is 1. The van der Waals surface area contributed by atoms with Crippen molar-refractivity contribution in [2.24, 2.45) is 0 Å². The largest absolute Gasteiger partial charge is 0.491 e. The Morgan fingerprint density at radius 1 is 1.50 bits per heavy atom. The molecule has 1 atom stereocenters. The number of carboxylic acid groups (broad SMARTS) is 1. The summed E-state index contributed by atoms with van der Waals surface area (Å²) in [5, 5.41) is 18.5. The quantitative estimate of drug-likeness (QED) is 0.801. The summed E-state index contributed by atoms with van der Waals surface area (Å²) in [5.41, 5.74) is -0.715. The second-order valence-electron chi connectivity index (χ2n) is 3.97. The summed E-state index contributed by atoms with van der Waals surface area (Å²) in [4.78, 5) is 10.7. The van der Waals surface area contributed by atoms with Crippen LogP contribution in [0.3, 0.4) is 0 Å². The second kappa shape index (κ2) is 4.99. The Morgan fingerprint density at radius 2 is 2.19 bits per heavy atom. The van der Waals surface area contributed by atoms with Crippen molar-refractivity contribution in [1.29, 1.82) is 0 Å². The molecule has 4 nitrogen and oxygen atoms in total. The number of ether oxygens (including phenoxy) is 1. The molecule has 0 saturated carbocycles. The SMILES string of the molecule is CCC(C)(O)COc1cccc(C(=O)O)c1. The molecule has 1 aromatic carbocycles. The van der Waals surface area contributed by atoms with Crippen LogP contribution in [0.5, 0.6) is 5.75 Å². The molecule has 0 amide bonds. The lowest BCUT2D eigenvalue weighted by atomic mass is 10.1. The van der Waals surface area contributed by atoms with E-state index in [0.29, 0.717) is 12.2 Å². The molecule has 0 bridgehead atoms. The maximum atomic E-state index is 10.7. The van der Waals surface area contributed by atoms with Gasteiger partial charge in [0.05, 0.1) is 11.2 Å². The van der Waals surface area contributed by atoms with Crippen molar-refractivity contribution in [2.75, 3.05) is 6.61 Å². The Labute approximate surface area is 94.5 Å². The molecule has 0 radical (unpaired) electrons. The minimum atomic E-state index is -0.993. The van der Waals surface area contributed by atoms with Gasteiger partial charge in [0.15, 0.2) is 0 Å². The van der Waals surface area contributed by atoms with Crippen LogP contribution in [-0.2, 0) is 0 Å². The average molecular weight is 224 g/mol. The Kier molecular flexibility index (Phi) is 3.90. The monoisotopic (exact) mass is 224 g/mol. The third-order valence-corrected chi connectivity index (χ3v) is 2.39. The molecule has 0 spiro atoms. The molecule has 0 aliphatic heterocycles. The summed E-state index contributed by atoms with van der Waals surface area (Å²) in [5.74, 6) is -0.540. The lowest BCUT2D eigenvalue weighted by Crippen LogP contribution is -2.31. The molecule has 2 N–H and O–H groups in total. The van der Waals surface area contributed by atoms with Gasteiger partial charge in [-0.25, -0.2) is 4.79 Å². The smallest absolute Gasteiger partial charge is 0.335 e. The van der Waals surface area contributed by atoms with E-state index in [4.69, 9.17) is 9.84 Å². The van der Waals surface area contributed by atoms with Crippen molar-refractivity contribution in [3.63, 3.8) is 0 Å². The summed E-state index contributed by atoms with van der Waals surface area (Å²) >= 11 is 0. The highest BCUT2D eigenvalue weighted by Gasteiger charge is 2.18. The predicted octanol–water partition coefficient (Wildman–Crippen LogP) is 1.92. The predicted molar refractivity (Wildman–Crippen MR) is 59.8 cm³/mol. The zero-order valence-corrected chi connectivity index (χ0v) is 9.43. The van der Waals surface area contributed by atoms with Crippen LogP contribution >= 0.6 is 0 Å². The van der Waals surface area contributed by atoms with E-state index in [1.165, 1.54) is 12.1 Å². The molecule has 0 aliphatic carbocycles. The van der Waals surface area contributed by atoms with Crippen molar-refractivity contribution in [2.45, 2.75) is 25.9 Å². The van der Waals surface area contributed by atoms with Gasteiger partial charge < -0.3 is 14.9 Å². The number of aliphatic hydroxyl groups is 1. The highest BCUT2D eigenvalue weighted by atomic mass is 16.5. The molecule has 0 saturated heterocycles. The van der Waals surface area contributed by atoms with Gasteiger partial charge in [0.1, 0.15) is 12.4 Å². The summed E-state index contributed by atoms with van der Waals surface area (Å²) in [6, 6.07) is 6.21. The standard InChI is InChI=1S/C12H16O4/c1-3-12(2,15)8-16-10-6-4-5-9(7-10)11(13)14/h4-7,15H,3,8H2,1-2H3,(H,13,14). The van der Waals surface area contributed by atoms with Gasteiger partial charge in [-0.15, -0.1) is 0 Å². The molecule has 0 fully saturated rings. The van der Waals surface area contributed by atoms with Crippen LogP contribution in [-0.4, -0.2) is 28.4 Å². The Bertz CT molecular complexity index is 371. The van der Waals surface area contributed by atoms with Gasteiger partial charge in [-0.3, -0.25) is 0 Å². The van der Waals surface area contributed by atoms with Crippen LogP contribution in [0.25, 0.3) is 0 Å². The first-order valence-electron chi connectivity index (χ1n) is 5.13. The molecule has 0 aliphatic rings. The summed E-state index contributed by atoms with van der Waals surface area (Å²) in [7, 11) is 0. The van der Waals surface area contributed by atoms with Gasteiger partial charge in [-0.05, 0) is 31.5 Å². The van der Waals surface area contributed by atoms with Crippen LogP contribution in [0, 0.1) is 0 Å². The lowest BCUT2D eigenvalue weighted by molar-refractivity contribution is 0.00845. The van der Waals surface area contributed by atoms with E-state index in [1.54, 1.807) is 19.1 Å². The minimum absolute atomic E-state index is 0.145. The molecule has 0 heterocycles. The Hall–Kier alpha value is -1.55. The number of benzene rings is 1. The van der Waals surface area contributed by atoms with Gasteiger partial charge in [-0.1, -0.05) is 13.0 Å². The molecule has 1 rings (SSSR count). The molecule has 1 aromatic rings. The first-order chi connectivity index (χ1) is 7.44. The summed E-state index contributed by atoms with van der Waals surface area (Å²) < 4.78 is 5.34. The number of carbonyl (C=O) groups is 1. The zero-order valence-electron chi connectivity index (χ0n) is 9.43. The van der Waals surface area contributed by atoms with E-state index in [9.17, 15) is 9.90 Å². The van der Waals surface area contributed by atoms with Crippen molar-refractivity contribution in [3.8, 4) is 5.75 Å². The van der Waals surface area contributed by atoms with Crippen LogP contribution in [0.4, 0.5) is 0 Å². The number of rotatable bonds is 5. The van der Waals surface area contributed by atoms with Gasteiger partial charge >= 0.3 is 5.97 Å². The maximum absolute atomic E-state index is 10.7. The second-order valence-corrected chi connectivity index (χ2v) is 3.97. The van der Waals surface area contributed by atoms with Gasteiger partial charge in [0, 0.05) is 0 Å².